The van der Waals surface area contributed by atoms with Gasteiger partial charge in [0.2, 0.25) is 10.0 Å². The van der Waals surface area contributed by atoms with E-state index in [1.165, 1.54) is 10.4 Å². The Hall–Kier alpha value is -3.87. The van der Waals surface area contributed by atoms with Crippen molar-refractivity contribution < 1.29 is 17.6 Å². The van der Waals surface area contributed by atoms with Gasteiger partial charge < -0.3 is 9.73 Å². The van der Waals surface area contributed by atoms with Gasteiger partial charge in [-0.3, -0.25) is 4.79 Å². The van der Waals surface area contributed by atoms with Crippen molar-refractivity contribution in [3.05, 3.63) is 123 Å². The van der Waals surface area contributed by atoms with Crippen molar-refractivity contribution in [3.63, 3.8) is 0 Å². The quantitative estimate of drug-likeness (QED) is 0.164. The third-order valence-corrected chi connectivity index (χ3v) is 8.52. The summed E-state index contributed by atoms with van der Waals surface area (Å²) < 4.78 is 34.4. The first kappa shape index (κ1) is 29.1. The van der Waals surface area contributed by atoms with E-state index in [1.807, 2.05) is 32.0 Å². The van der Waals surface area contributed by atoms with Crippen LogP contribution in [0.15, 0.2) is 93.7 Å². The molecule has 0 aliphatic rings. The minimum Gasteiger partial charge on any atom is -0.460 e. The van der Waals surface area contributed by atoms with Crippen molar-refractivity contribution in [1.29, 1.82) is 5.26 Å². The Morgan fingerprint density at radius 1 is 0.925 bits per heavy atom. The maximum absolute atomic E-state index is 13.6. The lowest BCUT2D eigenvalue weighted by Crippen LogP contribution is -2.30. The second-order valence-electron chi connectivity index (χ2n) is 9.13. The summed E-state index contributed by atoms with van der Waals surface area (Å²) in [5.41, 5.74) is 2.99. The van der Waals surface area contributed by atoms with Gasteiger partial charge in [0, 0.05) is 18.3 Å². The van der Waals surface area contributed by atoms with Crippen LogP contribution in [0.4, 0.5) is 5.69 Å². The molecule has 1 heterocycles. The number of hydrogen-bond donors (Lipinski definition) is 1. The van der Waals surface area contributed by atoms with Crippen molar-refractivity contribution >= 4 is 50.9 Å². The zero-order valence-electron chi connectivity index (χ0n) is 21.7. The second kappa shape index (κ2) is 12.5. The number of anilines is 1. The smallest absolute Gasteiger partial charge is 0.266 e. The van der Waals surface area contributed by atoms with E-state index in [0.29, 0.717) is 27.1 Å². The fourth-order valence-corrected chi connectivity index (χ4v) is 5.50. The molecule has 0 atom stereocenters. The van der Waals surface area contributed by atoms with Gasteiger partial charge >= 0.3 is 0 Å². The van der Waals surface area contributed by atoms with Gasteiger partial charge in [-0.15, -0.1) is 0 Å². The molecule has 0 aliphatic carbocycles. The fraction of sp³-hybridized carbons (Fsp3) is 0.133. The lowest BCUT2D eigenvalue weighted by Gasteiger charge is -2.22. The summed E-state index contributed by atoms with van der Waals surface area (Å²) >= 11 is 12.2. The van der Waals surface area contributed by atoms with E-state index in [1.54, 1.807) is 66.7 Å². The highest BCUT2D eigenvalue weighted by Gasteiger charge is 2.26. The van der Waals surface area contributed by atoms with Gasteiger partial charge in [0.1, 0.15) is 23.2 Å². The number of carbonyl (C=O) groups is 1. The Kier molecular flexibility index (Phi) is 9.13. The van der Waals surface area contributed by atoms with Crippen molar-refractivity contribution in [2.24, 2.45) is 0 Å². The van der Waals surface area contributed by atoms with Crippen LogP contribution in [0.3, 0.4) is 0 Å². The first-order chi connectivity index (χ1) is 19.0. The van der Waals surface area contributed by atoms with Crippen LogP contribution in [-0.4, -0.2) is 18.6 Å². The van der Waals surface area contributed by atoms with E-state index in [9.17, 15) is 18.5 Å². The van der Waals surface area contributed by atoms with E-state index < -0.39 is 15.9 Å². The molecule has 0 saturated heterocycles. The molecule has 0 saturated carbocycles. The summed E-state index contributed by atoms with van der Waals surface area (Å²) in [6.45, 7) is 3.69. The molecule has 1 aromatic heterocycles. The lowest BCUT2D eigenvalue weighted by molar-refractivity contribution is -0.112. The van der Waals surface area contributed by atoms with Crippen molar-refractivity contribution in [2.75, 3.05) is 5.32 Å². The van der Waals surface area contributed by atoms with Crippen LogP contribution in [0.2, 0.25) is 10.0 Å². The molecular weight excluding hydrogens is 569 g/mol. The molecule has 0 fully saturated rings. The average Bonchev–Trinajstić information content (AvgIpc) is 3.37. The van der Waals surface area contributed by atoms with E-state index in [2.05, 4.69) is 5.32 Å². The topological polar surface area (TPSA) is 103 Å². The number of halogens is 2. The van der Waals surface area contributed by atoms with Crippen LogP contribution in [0.5, 0.6) is 0 Å². The SMILES string of the molecule is Cc1ccc(NC(=O)/C(C#N)=C\c2ccc(CN(Cc3ccc(Cl)c(Cl)c3)S(=O)(=O)c3ccc(C)cc3)o2)cc1. The average molecular weight is 595 g/mol. The third kappa shape index (κ3) is 7.20. The number of nitriles is 1. The molecule has 3 aromatic carbocycles. The van der Waals surface area contributed by atoms with Crippen LogP contribution in [0.25, 0.3) is 6.08 Å². The summed E-state index contributed by atoms with van der Waals surface area (Å²) in [6.07, 6.45) is 1.31. The van der Waals surface area contributed by atoms with E-state index >= 15 is 0 Å². The minimum atomic E-state index is -3.94. The monoisotopic (exact) mass is 593 g/mol. The van der Waals surface area contributed by atoms with E-state index in [-0.39, 0.29) is 29.3 Å². The number of benzene rings is 3. The zero-order valence-corrected chi connectivity index (χ0v) is 24.0. The number of amides is 1. The van der Waals surface area contributed by atoms with Gasteiger partial charge in [-0.05, 0) is 67.9 Å². The highest BCUT2D eigenvalue weighted by molar-refractivity contribution is 7.89. The lowest BCUT2D eigenvalue weighted by atomic mass is 10.2. The molecule has 4 rings (SSSR count). The molecular formula is C30H25Cl2N3O4S. The minimum absolute atomic E-state index is 0.00136. The first-order valence-electron chi connectivity index (χ1n) is 12.1. The van der Waals surface area contributed by atoms with E-state index in [0.717, 1.165) is 11.1 Å². The molecule has 0 spiro atoms. The van der Waals surface area contributed by atoms with Crippen LogP contribution in [-0.2, 0) is 27.9 Å². The molecule has 7 nitrogen and oxygen atoms in total. The zero-order chi connectivity index (χ0) is 28.9. The van der Waals surface area contributed by atoms with Gasteiger partial charge in [-0.25, -0.2) is 8.42 Å². The Morgan fingerprint density at radius 3 is 2.20 bits per heavy atom. The van der Waals surface area contributed by atoms with Crippen LogP contribution >= 0.6 is 23.2 Å². The number of carbonyl (C=O) groups excluding carboxylic acids is 1. The Labute approximate surface area is 243 Å². The summed E-state index contributed by atoms with van der Waals surface area (Å²) in [7, 11) is -3.94. The number of rotatable bonds is 9. The summed E-state index contributed by atoms with van der Waals surface area (Å²) in [5.74, 6) is -0.0430. The Morgan fingerprint density at radius 2 is 1.57 bits per heavy atom. The molecule has 0 unspecified atom stereocenters. The summed E-state index contributed by atoms with van der Waals surface area (Å²) in [5, 5.41) is 12.9. The summed E-state index contributed by atoms with van der Waals surface area (Å²) in [4.78, 5) is 12.8. The molecule has 204 valence electrons. The van der Waals surface area contributed by atoms with Gasteiger partial charge in [0.25, 0.3) is 5.91 Å². The van der Waals surface area contributed by atoms with Gasteiger partial charge in [0.05, 0.1) is 21.5 Å². The molecule has 0 bridgehead atoms. The largest absolute Gasteiger partial charge is 0.460 e. The number of hydrogen-bond acceptors (Lipinski definition) is 5. The Bertz CT molecular complexity index is 1710. The molecule has 0 aliphatic heterocycles. The fourth-order valence-electron chi connectivity index (χ4n) is 3.78. The van der Waals surface area contributed by atoms with Crippen LogP contribution in [0, 0.1) is 25.2 Å². The maximum Gasteiger partial charge on any atom is 0.266 e. The predicted octanol–water partition coefficient (Wildman–Crippen LogP) is 7.14. The second-order valence-corrected chi connectivity index (χ2v) is 11.9. The normalized spacial score (nSPS) is 11.8. The molecule has 4 aromatic rings. The highest BCUT2D eigenvalue weighted by atomic mass is 35.5. The van der Waals surface area contributed by atoms with Crippen LogP contribution in [0.1, 0.15) is 28.2 Å². The Balaban J connectivity index is 1.59. The number of sulfonamides is 1. The number of aryl methyl sites for hydroxylation is 2. The van der Waals surface area contributed by atoms with Crippen molar-refractivity contribution in [1.82, 2.24) is 4.31 Å². The van der Waals surface area contributed by atoms with Crippen LogP contribution < -0.4 is 5.32 Å². The highest BCUT2D eigenvalue weighted by Crippen LogP contribution is 2.27. The molecule has 40 heavy (non-hydrogen) atoms. The maximum atomic E-state index is 13.6. The third-order valence-electron chi connectivity index (χ3n) is 5.98. The number of nitrogens with one attached hydrogen (secondary N) is 1. The molecule has 10 heteroatoms. The van der Waals surface area contributed by atoms with E-state index in [4.69, 9.17) is 27.6 Å². The number of nitrogens with zero attached hydrogens (tertiary/aromatic N) is 2. The van der Waals surface area contributed by atoms with Gasteiger partial charge in [-0.2, -0.15) is 9.57 Å². The summed E-state index contributed by atoms with van der Waals surface area (Å²) in [6, 6.07) is 23.7. The standard InChI is InChI=1S/C30H25Cl2N3O4S/c1-20-3-8-24(9-4-20)34-30(36)23(17-33)16-25-10-11-26(39-25)19-35(18-22-7-14-28(31)29(32)15-22)40(37,38)27-12-5-21(2)6-13-27/h3-16H,18-19H2,1-2H3,(H,34,36)/b23-16-. The molecule has 0 radical (unpaired) electrons. The number of furan rings is 1. The van der Waals surface area contributed by atoms with Crippen molar-refractivity contribution in [3.8, 4) is 6.07 Å². The first-order valence-corrected chi connectivity index (χ1v) is 14.3. The van der Waals surface area contributed by atoms with Gasteiger partial charge in [-0.1, -0.05) is 64.7 Å². The van der Waals surface area contributed by atoms with Gasteiger partial charge in [0.15, 0.2) is 0 Å². The van der Waals surface area contributed by atoms with Crippen molar-refractivity contribution in [2.45, 2.75) is 31.8 Å². The predicted molar refractivity (Wildman–Crippen MR) is 156 cm³/mol. The molecule has 1 amide bonds. The molecule has 1 N–H and O–H groups in total.